The molecule has 0 aliphatic rings. The van der Waals surface area contributed by atoms with E-state index in [4.69, 9.17) is 4.74 Å². The number of esters is 1. The standard InChI is InChI=1S/C20H18N4O4/c1-21-20(27)22-17(25)13-28-19(26)16-12-24(15-10-6-3-7-11-15)23-18(16)14-8-4-2-5-9-14/h2-12H,13H2,1H3,(H2,21,22,25,27). The smallest absolute Gasteiger partial charge is 0.342 e. The lowest BCUT2D eigenvalue weighted by molar-refractivity contribution is -0.123. The number of urea groups is 1. The number of benzene rings is 2. The fraction of sp³-hybridized carbons (Fsp3) is 0.100. The summed E-state index contributed by atoms with van der Waals surface area (Å²) in [6, 6.07) is 17.8. The van der Waals surface area contributed by atoms with Crippen LogP contribution in [0.5, 0.6) is 0 Å². The Morgan fingerprint density at radius 1 is 1.00 bits per heavy atom. The van der Waals surface area contributed by atoms with Gasteiger partial charge in [0.2, 0.25) is 0 Å². The number of aromatic nitrogens is 2. The molecule has 0 radical (unpaired) electrons. The van der Waals surface area contributed by atoms with Gasteiger partial charge in [-0.2, -0.15) is 5.10 Å². The highest BCUT2D eigenvalue weighted by atomic mass is 16.5. The van der Waals surface area contributed by atoms with Crippen molar-refractivity contribution in [1.82, 2.24) is 20.4 Å². The first-order valence-corrected chi connectivity index (χ1v) is 8.47. The van der Waals surface area contributed by atoms with E-state index in [-0.39, 0.29) is 5.56 Å². The van der Waals surface area contributed by atoms with Gasteiger partial charge < -0.3 is 10.1 Å². The Kier molecular flexibility index (Phi) is 5.81. The number of nitrogens with zero attached hydrogens (tertiary/aromatic N) is 2. The first-order valence-electron chi connectivity index (χ1n) is 8.47. The van der Waals surface area contributed by atoms with Crippen LogP contribution in [0.25, 0.3) is 16.9 Å². The maximum Gasteiger partial charge on any atom is 0.342 e. The summed E-state index contributed by atoms with van der Waals surface area (Å²) in [6.45, 7) is -0.586. The van der Waals surface area contributed by atoms with Gasteiger partial charge in [0.25, 0.3) is 5.91 Å². The molecule has 0 aliphatic heterocycles. The van der Waals surface area contributed by atoms with Crippen LogP contribution in [0.1, 0.15) is 10.4 Å². The second kappa shape index (κ2) is 8.63. The van der Waals surface area contributed by atoms with Crippen molar-refractivity contribution in [1.29, 1.82) is 0 Å². The molecular weight excluding hydrogens is 360 g/mol. The second-order valence-electron chi connectivity index (χ2n) is 5.74. The molecule has 0 spiro atoms. The Labute approximate surface area is 161 Å². The Bertz CT molecular complexity index is 984. The summed E-state index contributed by atoms with van der Waals surface area (Å²) in [7, 11) is 1.37. The lowest BCUT2D eigenvalue weighted by Crippen LogP contribution is -2.39. The van der Waals surface area contributed by atoms with Crippen molar-refractivity contribution in [3.8, 4) is 16.9 Å². The lowest BCUT2D eigenvalue weighted by atomic mass is 10.1. The van der Waals surface area contributed by atoms with Crippen LogP contribution in [0.2, 0.25) is 0 Å². The maximum absolute atomic E-state index is 12.6. The number of amides is 3. The van der Waals surface area contributed by atoms with Crippen molar-refractivity contribution in [3.63, 3.8) is 0 Å². The van der Waals surface area contributed by atoms with Crippen LogP contribution >= 0.6 is 0 Å². The topological polar surface area (TPSA) is 102 Å². The molecule has 0 aliphatic carbocycles. The summed E-state index contributed by atoms with van der Waals surface area (Å²) < 4.78 is 6.64. The van der Waals surface area contributed by atoms with E-state index < -0.39 is 24.5 Å². The third-order valence-electron chi connectivity index (χ3n) is 3.82. The van der Waals surface area contributed by atoms with Crippen LogP contribution in [0.3, 0.4) is 0 Å². The van der Waals surface area contributed by atoms with Gasteiger partial charge in [0.05, 0.1) is 5.69 Å². The number of para-hydroxylation sites is 1. The molecular formula is C20H18N4O4. The zero-order valence-corrected chi connectivity index (χ0v) is 15.1. The number of hydrogen-bond donors (Lipinski definition) is 2. The van der Waals surface area contributed by atoms with Crippen molar-refractivity contribution in [2.45, 2.75) is 0 Å². The monoisotopic (exact) mass is 378 g/mol. The van der Waals surface area contributed by atoms with Crippen LogP contribution in [0.15, 0.2) is 66.9 Å². The number of ether oxygens (including phenoxy) is 1. The minimum absolute atomic E-state index is 0.211. The third kappa shape index (κ3) is 4.42. The van der Waals surface area contributed by atoms with Gasteiger partial charge in [-0.3, -0.25) is 10.1 Å². The van der Waals surface area contributed by atoms with E-state index >= 15 is 0 Å². The minimum Gasteiger partial charge on any atom is -0.452 e. The predicted molar refractivity (Wildman–Crippen MR) is 102 cm³/mol. The Morgan fingerprint density at radius 2 is 1.64 bits per heavy atom. The molecule has 2 N–H and O–H groups in total. The molecule has 0 fully saturated rings. The summed E-state index contributed by atoms with van der Waals surface area (Å²) in [4.78, 5) is 35.4. The number of hydrogen-bond acceptors (Lipinski definition) is 5. The van der Waals surface area contributed by atoms with Crippen molar-refractivity contribution in [2.75, 3.05) is 13.7 Å². The van der Waals surface area contributed by atoms with Crippen molar-refractivity contribution < 1.29 is 19.1 Å². The summed E-state index contributed by atoms with van der Waals surface area (Å²) in [5.41, 5.74) is 2.15. The van der Waals surface area contributed by atoms with E-state index in [9.17, 15) is 14.4 Å². The number of carbonyl (C=O) groups is 3. The van der Waals surface area contributed by atoms with Gasteiger partial charge in [0.1, 0.15) is 11.3 Å². The average Bonchev–Trinajstić information content (AvgIpc) is 3.19. The molecule has 3 aromatic rings. The molecule has 0 saturated carbocycles. The molecule has 8 heteroatoms. The van der Waals surface area contributed by atoms with Crippen LogP contribution in [0.4, 0.5) is 4.79 Å². The highest BCUT2D eigenvalue weighted by molar-refractivity contribution is 5.99. The van der Waals surface area contributed by atoms with E-state index in [0.717, 1.165) is 11.3 Å². The van der Waals surface area contributed by atoms with Crippen LogP contribution in [-0.2, 0) is 9.53 Å². The number of rotatable bonds is 5. The van der Waals surface area contributed by atoms with Gasteiger partial charge in [0, 0.05) is 18.8 Å². The van der Waals surface area contributed by atoms with E-state index in [1.54, 1.807) is 10.9 Å². The highest BCUT2D eigenvalue weighted by Crippen LogP contribution is 2.24. The van der Waals surface area contributed by atoms with Gasteiger partial charge >= 0.3 is 12.0 Å². The molecule has 3 rings (SSSR count). The second-order valence-corrected chi connectivity index (χ2v) is 5.74. The Morgan fingerprint density at radius 3 is 2.29 bits per heavy atom. The molecule has 0 saturated heterocycles. The average molecular weight is 378 g/mol. The zero-order chi connectivity index (χ0) is 19.9. The van der Waals surface area contributed by atoms with Crippen molar-refractivity contribution >= 4 is 17.9 Å². The van der Waals surface area contributed by atoms with Gasteiger partial charge in [-0.05, 0) is 12.1 Å². The van der Waals surface area contributed by atoms with Gasteiger partial charge in [-0.15, -0.1) is 0 Å². The highest BCUT2D eigenvalue weighted by Gasteiger charge is 2.21. The minimum atomic E-state index is -0.732. The van der Waals surface area contributed by atoms with Gasteiger partial charge in [-0.1, -0.05) is 48.5 Å². The van der Waals surface area contributed by atoms with Crippen molar-refractivity contribution in [2.24, 2.45) is 0 Å². The largest absolute Gasteiger partial charge is 0.452 e. The summed E-state index contributed by atoms with van der Waals surface area (Å²) >= 11 is 0. The molecule has 0 unspecified atom stereocenters. The van der Waals surface area contributed by atoms with Crippen molar-refractivity contribution in [3.05, 3.63) is 72.4 Å². The van der Waals surface area contributed by atoms with Crippen LogP contribution in [0, 0.1) is 0 Å². The first kappa shape index (κ1) is 18.8. The molecule has 28 heavy (non-hydrogen) atoms. The summed E-state index contributed by atoms with van der Waals surface area (Å²) in [6.07, 6.45) is 1.55. The molecule has 0 atom stereocenters. The summed E-state index contributed by atoms with van der Waals surface area (Å²) in [5.74, 6) is -1.45. The molecule has 0 bridgehead atoms. The van der Waals surface area contributed by atoms with E-state index in [0.29, 0.717) is 5.69 Å². The molecule has 2 aromatic carbocycles. The fourth-order valence-electron chi connectivity index (χ4n) is 2.48. The maximum atomic E-state index is 12.6. The Balaban J connectivity index is 1.86. The fourth-order valence-corrected chi connectivity index (χ4v) is 2.48. The predicted octanol–water partition coefficient (Wildman–Crippen LogP) is 2.15. The first-order chi connectivity index (χ1) is 13.6. The molecule has 8 nitrogen and oxygen atoms in total. The number of nitrogens with one attached hydrogen (secondary N) is 2. The normalized spacial score (nSPS) is 10.2. The molecule has 1 heterocycles. The Hall–Kier alpha value is -3.94. The number of imide groups is 1. The zero-order valence-electron chi connectivity index (χ0n) is 15.1. The summed E-state index contributed by atoms with van der Waals surface area (Å²) in [5, 5.41) is 8.78. The van der Waals surface area contributed by atoms with Gasteiger partial charge in [-0.25, -0.2) is 14.3 Å². The quantitative estimate of drug-likeness (QED) is 0.663. The molecule has 1 aromatic heterocycles. The SMILES string of the molecule is CNC(=O)NC(=O)COC(=O)c1cn(-c2ccccc2)nc1-c1ccccc1. The van der Waals surface area contributed by atoms with E-state index in [1.807, 2.05) is 66.0 Å². The van der Waals surface area contributed by atoms with Gasteiger partial charge in [0.15, 0.2) is 6.61 Å². The van der Waals surface area contributed by atoms with Crippen LogP contribution < -0.4 is 10.6 Å². The lowest BCUT2D eigenvalue weighted by Gasteiger charge is -2.05. The van der Waals surface area contributed by atoms with E-state index in [2.05, 4.69) is 10.4 Å². The van der Waals surface area contributed by atoms with E-state index in [1.165, 1.54) is 7.05 Å². The molecule has 142 valence electrons. The number of carbonyl (C=O) groups excluding carboxylic acids is 3. The third-order valence-corrected chi connectivity index (χ3v) is 3.82. The molecule has 3 amide bonds. The van der Waals surface area contributed by atoms with Crippen LogP contribution in [-0.4, -0.2) is 41.3 Å².